The van der Waals surface area contributed by atoms with Crippen molar-refractivity contribution >= 4 is 21.6 Å². The van der Waals surface area contributed by atoms with E-state index in [-0.39, 0.29) is 11.4 Å². The minimum atomic E-state index is -4.02. The average Bonchev–Trinajstić information content (AvgIpc) is 2.92. The highest BCUT2D eigenvalue weighted by Gasteiger charge is 2.28. The van der Waals surface area contributed by atoms with Crippen LogP contribution in [-0.2, 0) is 14.8 Å². The lowest BCUT2D eigenvalue weighted by Crippen LogP contribution is -2.42. The third-order valence-corrected chi connectivity index (χ3v) is 7.78. The highest BCUT2D eigenvalue weighted by molar-refractivity contribution is 7.92. The number of hydrogen-bond donors (Lipinski definition) is 1. The molecule has 1 amide bonds. The van der Waals surface area contributed by atoms with Crippen molar-refractivity contribution in [3.8, 4) is 5.75 Å². The fraction of sp³-hybridized carbons (Fsp3) is 0.167. The van der Waals surface area contributed by atoms with E-state index in [0.29, 0.717) is 18.0 Å². The molecule has 7 heteroatoms. The zero-order valence-electron chi connectivity index (χ0n) is 20.9. The Morgan fingerprint density at radius 2 is 1.43 bits per heavy atom. The van der Waals surface area contributed by atoms with Gasteiger partial charge in [0.05, 0.1) is 23.2 Å². The predicted molar refractivity (Wildman–Crippen MR) is 146 cm³/mol. The van der Waals surface area contributed by atoms with Crippen molar-refractivity contribution in [3.05, 3.63) is 126 Å². The molecular formula is C30H30N2O4S. The molecule has 0 radical (unpaired) electrons. The van der Waals surface area contributed by atoms with E-state index in [0.717, 1.165) is 21.0 Å². The number of ether oxygens (including phenoxy) is 1. The molecule has 1 atom stereocenters. The lowest BCUT2D eigenvalue weighted by molar-refractivity contribution is -0.120. The summed E-state index contributed by atoms with van der Waals surface area (Å²) in [7, 11) is -4.02. The monoisotopic (exact) mass is 514 g/mol. The second-order valence-electron chi connectivity index (χ2n) is 8.52. The van der Waals surface area contributed by atoms with Crippen LogP contribution in [0.5, 0.6) is 5.75 Å². The van der Waals surface area contributed by atoms with Crippen LogP contribution >= 0.6 is 0 Å². The summed E-state index contributed by atoms with van der Waals surface area (Å²) in [6.07, 6.45) is 0. The summed E-state index contributed by atoms with van der Waals surface area (Å²) < 4.78 is 34.0. The number of sulfonamides is 1. The average molecular weight is 515 g/mol. The van der Waals surface area contributed by atoms with Gasteiger partial charge in [-0.2, -0.15) is 0 Å². The van der Waals surface area contributed by atoms with Gasteiger partial charge in [0.15, 0.2) is 0 Å². The van der Waals surface area contributed by atoms with Gasteiger partial charge < -0.3 is 10.1 Å². The summed E-state index contributed by atoms with van der Waals surface area (Å²) in [6, 6.07) is 31.8. The van der Waals surface area contributed by atoms with Crippen molar-refractivity contribution in [3.63, 3.8) is 0 Å². The molecule has 1 unspecified atom stereocenters. The Kier molecular flexibility index (Phi) is 8.25. The van der Waals surface area contributed by atoms with Crippen LogP contribution in [0.1, 0.15) is 29.7 Å². The number of anilines is 1. The Morgan fingerprint density at radius 1 is 0.838 bits per heavy atom. The number of nitrogens with zero attached hydrogens (tertiary/aromatic N) is 1. The molecule has 4 aromatic rings. The number of carbonyl (C=O) groups excluding carboxylic acids is 1. The van der Waals surface area contributed by atoms with E-state index >= 15 is 0 Å². The van der Waals surface area contributed by atoms with E-state index < -0.39 is 22.0 Å². The third-order valence-electron chi connectivity index (χ3n) is 5.99. The Balaban J connectivity index is 1.68. The molecule has 190 valence electrons. The highest BCUT2D eigenvalue weighted by Crippen LogP contribution is 2.28. The van der Waals surface area contributed by atoms with E-state index in [9.17, 15) is 13.2 Å². The van der Waals surface area contributed by atoms with Crippen LogP contribution in [0.3, 0.4) is 0 Å². The van der Waals surface area contributed by atoms with Gasteiger partial charge in [0.1, 0.15) is 12.3 Å². The standard InChI is InChI=1S/C30H30N2O4S/c1-3-36-26-20-18-25(19-21-26)32(37(34,35)27-15-8-5-9-16-27)22-29(33)31-30(24-13-6-4-7-14-24)28-17-11-10-12-23(28)2/h4-21,30H,3,22H2,1-2H3,(H,31,33). The van der Waals surface area contributed by atoms with E-state index in [1.807, 2.05) is 68.4 Å². The lowest BCUT2D eigenvalue weighted by Gasteiger charge is -2.27. The number of carbonyl (C=O) groups is 1. The minimum absolute atomic E-state index is 0.107. The second kappa shape index (κ2) is 11.8. The van der Waals surface area contributed by atoms with Crippen LogP contribution in [0.2, 0.25) is 0 Å². The molecular weight excluding hydrogens is 484 g/mol. The van der Waals surface area contributed by atoms with Crippen LogP contribution in [0.25, 0.3) is 0 Å². The number of benzene rings is 4. The van der Waals surface area contributed by atoms with Crippen LogP contribution < -0.4 is 14.4 Å². The Labute approximate surface area is 218 Å². The van der Waals surface area contributed by atoms with Gasteiger partial charge in [0.2, 0.25) is 5.91 Å². The first-order valence-corrected chi connectivity index (χ1v) is 13.5. The number of amides is 1. The number of hydrogen-bond acceptors (Lipinski definition) is 4. The zero-order chi connectivity index (χ0) is 26.3. The first kappa shape index (κ1) is 26.0. The van der Waals surface area contributed by atoms with Gasteiger partial charge in [-0.05, 0) is 66.9 Å². The molecule has 0 aliphatic carbocycles. The molecule has 0 saturated heterocycles. The maximum atomic E-state index is 13.7. The summed E-state index contributed by atoms with van der Waals surface area (Å²) >= 11 is 0. The molecule has 0 bridgehead atoms. The first-order valence-electron chi connectivity index (χ1n) is 12.1. The fourth-order valence-electron chi connectivity index (χ4n) is 4.14. The third kappa shape index (κ3) is 6.19. The molecule has 4 aromatic carbocycles. The Bertz CT molecular complexity index is 1420. The van der Waals surface area contributed by atoms with Gasteiger partial charge >= 0.3 is 0 Å². The predicted octanol–water partition coefficient (Wildman–Crippen LogP) is 5.49. The molecule has 0 aromatic heterocycles. The minimum Gasteiger partial charge on any atom is -0.494 e. The lowest BCUT2D eigenvalue weighted by atomic mass is 9.95. The topological polar surface area (TPSA) is 75.7 Å². The van der Waals surface area contributed by atoms with Crippen LogP contribution in [0, 0.1) is 6.92 Å². The summed E-state index contributed by atoms with van der Waals surface area (Å²) in [4.78, 5) is 13.6. The van der Waals surface area contributed by atoms with Gasteiger partial charge in [-0.15, -0.1) is 0 Å². The molecule has 0 aliphatic heterocycles. The molecule has 0 spiro atoms. The fourth-order valence-corrected chi connectivity index (χ4v) is 5.59. The largest absolute Gasteiger partial charge is 0.494 e. The van der Waals surface area contributed by atoms with E-state index in [2.05, 4.69) is 5.32 Å². The molecule has 0 heterocycles. The van der Waals surface area contributed by atoms with Gasteiger partial charge in [0.25, 0.3) is 10.0 Å². The van der Waals surface area contributed by atoms with Crippen molar-refractivity contribution in [2.24, 2.45) is 0 Å². The maximum absolute atomic E-state index is 13.7. The van der Waals surface area contributed by atoms with Crippen LogP contribution in [0.4, 0.5) is 5.69 Å². The summed E-state index contributed by atoms with van der Waals surface area (Å²) in [5.74, 6) is 0.196. The molecule has 0 saturated carbocycles. The van der Waals surface area contributed by atoms with Crippen molar-refractivity contribution in [1.82, 2.24) is 5.32 Å². The van der Waals surface area contributed by atoms with E-state index in [1.54, 1.807) is 42.5 Å². The van der Waals surface area contributed by atoms with Crippen molar-refractivity contribution in [2.75, 3.05) is 17.5 Å². The van der Waals surface area contributed by atoms with Crippen molar-refractivity contribution < 1.29 is 17.9 Å². The molecule has 0 fully saturated rings. The Hall–Kier alpha value is -4.10. The number of nitrogens with one attached hydrogen (secondary N) is 1. The first-order chi connectivity index (χ1) is 17.9. The maximum Gasteiger partial charge on any atom is 0.264 e. The zero-order valence-corrected chi connectivity index (χ0v) is 21.7. The van der Waals surface area contributed by atoms with Crippen molar-refractivity contribution in [2.45, 2.75) is 24.8 Å². The summed E-state index contributed by atoms with van der Waals surface area (Å²) in [5.41, 5.74) is 3.25. The summed E-state index contributed by atoms with van der Waals surface area (Å²) in [5, 5.41) is 3.08. The molecule has 37 heavy (non-hydrogen) atoms. The molecule has 6 nitrogen and oxygen atoms in total. The summed E-state index contributed by atoms with van der Waals surface area (Å²) in [6.45, 7) is 3.97. The van der Waals surface area contributed by atoms with Crippen LogP contribution in [0.15, 0.2) is 114 Å². The van der Waals surface area contributed by atoms with Gasteiger partial charge in [-0.1, -0.05) is 72.8 Å². The van der Waals surface area contributed by atoms with Gasteiger partial charge in [0, 0.05) is 0 Å². The van der Waals surface area contributed by atoms with E-state index in [4.69, 9.17) is 4.74 Å². The normalized spacial score (nSPS) is 11.9. The Morgan fingerprint density at radius 3 is 2.05 bits per heavy atom. The molecule has 4 rings (SSSR count). The number of aryl methyl sites for hydroxylation is 1. The molecule has 1 N–H and O–H groups in total. The van der Waals surface area contributed by atoms with Crippen molar-refractivity contribution in [1.29, 1.82) is 0 Å². The second-order valence-corrected chi connectivity index (χ2v) is 10.4. The quantitative estimate of drug-likeness (QED) is 0.303. The number of rotatable bonds is 10. The molecule has 0 aliphatic rings. The van der Waals surface area contributed by atoms with E-state index in [1.165, 1.54) is 12.1 Å². The van der Waals surface area contributed by atoms with Crippen LogP contribution in [-0.4, -0.2) is 27.5 Å². The highest BCUT2D eigenvalue weighted by atomic mass is 32.2. The SMILES string of the molecule is CCOc1ccc(N(CC(=O)NC(c2ccccc2)c2ccccc2C)S(=O)(=O)c2ccccc2)cc1. The smallest absolute Gasteiger partial charge is 0.264 e. The van der Waals surface area contributed by atoms with Gasteiger partial charge in [-0.25, -0.2) is 8.42 Å². The van der Waals surface area contributed by atoms with Gasteiger partial charge in [-0.3, -0.25) is 9.10 Å².